The quantitative estimate of drug-likeness (QED) is 0.731. The Bertz CT molecular complexity index is 254. The van der Waals surface area contributed by atoms with Gasteiger partial charge in [-0.15, -0.1) is 0 Å². The molecule has 5 heteroatoms. The maximum Gasteiger partial charge on any atom is 0.148 e. The van der Waals surface area contributed by atoms with E-state index in [2.05, 4.69) is 20.8 Å². The number of hydrogen-bond donors (Lipinski definition) is 1. The predicted octanol–water partition coefficient (Wildman–Crippen LogP) is 1.14. The van der Waals surface area contributed by atoms with Crippen molar-refractivity contribution in [2.24, 2.45) is 11.1 Å². The zero-order chi connectivity index (χ0) is 11.4. The Kier molecular flexibility index (Phi) is 5.47. The molecule has 0 radical (unpaired) electrons. The fraction of sp³-hybridized carbons (Fsp3) is 1.00. The summed E-state index contributed by atoms with van der Waals surface area (Å²) in [4.78, 5) is 0. The molecule has 1 unspecified atom stereocenters. The summed E-state index contributed by atoms with van der Waals surface area (Å²) in [6, 6.07) is 0.118. The zero-order valence-corrected chi connectivity index (χ0v) is 11.0. The summed E-state index contributed by atoms with van der Waals surface area (Å²) >= 11 is 1.61. The van der Waals surface area contributed by atoms with Crippen LogP contribution in [0, 0.1) is 5.41 Å². The van der Waals surface area contributed by atoms with Crippen molar-refractivity contribution < 1.29 is 8.42 Å². The van der Waals surface area contributed by atoms with Crippen LogP contribution in [0.3, 0.4) is 0 Å². The Labute approximate surface area is 91.7 Å². The van der Waals surface area contributed by atoms with E-state index in [1.165, 1.54) is 6.26 Å². The molecule has 1 atom stereocenters. The van der Waals surface area contributed by atoms with Crippen LogP contribution in [0.2, 0.25) is 0 Å². The average Bonchev–Trinajstić information content (AvgIpc) is 1.93. The fourth-order valence-corrected chi connectivity index (χ4v) is 3.27. The highest BCUT2D eigenvalue weighted by atomic mass is 32.2. The summed E-state index contributed by atoms with van der Waals surface area (Å²) in [5, 5.41) is 0. The minimum Gasteiger partial charge on any atom is -0.326 e. The van der Waals surface area contributed by atoms with Crippen LogP contribution in [0.15, 0.2) is 0 Å². The molecule has 0 aliphatic carbocycles. The Morgan fingerprint density at radius 2 is 1.86 bits per heavy atom. The van der Waals surface area contributed by atoms with E-state index in [1.54, 1.807) is 11.8 Å². The molecule has 0 aromatic carbocycles. The van der Waals surface area contributed by atoms with Crippen LogP contribution in [0.5, 0.6) is 0 Å². The van der Waals surface area contributed by atoms with Gasteiger partial charge < -0.3 is 5.73 Å². The van der Waals surface area contributed by atoms with Crippen LogP contribution in [0.1, 0.15) is 20.8 Å². The van der Waals surface area contributed by atoms with Crippen molar-refractivity contribution in [3.63, 3.8) is 0 Å². The number of thioether (sulfide) groups is 1. The molecule has 0 spiro atoms. The standard InChI is InChI=1S/C9H21NO2S2/c1-9(2,3)8(10)7-13-5-6-14(4,11)12/h8H,5-7,10H2,1-4H3. The van der Waals surface area contributed by atoms with Crippen molar-refractivity contribution in [1.29, 1.82) is 0 Å². The third-order valence-corrected chi connectivity index (χ3v) is 4.30. The SMILES string of the molecule is CC(C)(C)C(N)CSCCS(C)(=O)=O. The fourth-order valence-electron chi connectivity index (χ4n) is 0.671. The summed E-state index contributed by atoms with van der Waals surface area (Å²) < 4.78 is 21.7. The highest BCUT2D eigenvalue weighted by Crippen LogP contribution is 2.20. The molecular weight excluding hydrogens is 218 g/mol. The van der Waals surface area contributed by atoms with E-state index in [0.717, 1.165) is 5.75 Å². The minimum atomic E-state index is -2.82. The highest BCUT2D eigenvalue weighted by Gasteiger charge is 2.20. The molecule has 0 heterocycles. The third-order valence-electron chi connectivity index (χ3n) is 2.01. The topological polar surface area (TPSA) is 60.2 Å². The van der Waals surface area contributed by atoms with Gasteiger partial charge >= 0.3 is 0 Å². The van der Waals surface area contributed by atoms with Gasteiger partial charge in [-0.1, -0.05) is 20.8 Å². The first-order valence-corrected chi connectivity index (χ1v) is 7.85. The highest BCUT2D eigenvalue weighted by molar-refractivity contribution is 8.00. The smallest absolute Gasteiger partial charge is 0.148 e. The van der Waals surface area contributed by atoms with Crippen LogP contribution in [0.25, 0.3) is 0 Å². The second-order valence-corrected chi connectivity index (χ2v) is 8.09. The molecule has 0 fully saturated rings. The summed E-state index contributed by atoms with van der Waals surface area (Å²) in [7, 11) is -2.82. The first-order chi connectivity index (χ1) is 6.13. The number of sulfone groups is 1. The molecule has 3 nitrogen and oxygen atoms in total. The monoisotopic (exact) mass is 239 g/mol. The Morgan fingerprint density at radius 1 is 1.36 bits per heavy atom. The van der Waals surface area contributed by atoms with E-state index < -0.39 is 9.84 Å². The van der Waals surface area contributed by atoms with Gasteiger partial charge in [-0.25, -0.2) is 8.42 Å². The van der Waals surface area contributed by atoms with Gasteiger partial charge in [-0.05, 0) is 5.41 Å². The summed E-state index contributed by atoms with van der Waals surface area (Å²) in [5.74, 6) is 1.70. The lowest BCUT2D eigenvalue weighted by Crippen LogP contribution is -2.37. The molecule has 0 aromatic rings. The maximum atomic E-state index is 10.8. The second kappa shape index (κ2) is 5.37. The van der Waals surface area contributed by atoms with Crippen LogP contribution in [-0.4, -0.2) is 38.0 Å². The van der Waals surface area contributed by atoms with E-state index >= 15 is 0 Å². The summed E-state index contributed by atoms with van der Waals surface area (Å²) in [6.07, 6.45) is 1.26. The van der Waals surface area contributed by atoms with Crippen molar-refractivity contribution in [3.8, 4) is 0 Å². The largest absolute Gasteiger partial charge is 0.326 e. The normalized spacial score (nSPS) is 15.5. The number of hydrogen-bond acceptors (Lipinski definition) is 4. The van der Waals surface area contributed by atoms with Gasteiger partial charge in [0.2, 0.25) is 0 Å². The van der Waals surface area contributed by atoms with Crippen LogP contribution < -0.4 is 5.73 Å². The van der Waals surface area contributed by atoms with Crippen molar-refractivity contribution in [3.05, 3.63) is 0 Å². The molecule has 0 amide bonds. The van der Waals surface area contributed by atoms with Gasteiger partial charge in [-0.2, -0.15) is 11.8 Å². The second-order valence-electron chi connectivity index (χ2n) is 4.68. The zero-order valence-electron chi connectivity index (χ0n) is 9.41. The Morgan fingerprint density at radius 3 is 2.21 bits per heavy atom. The van der Waals surface area contributed by atoms with Gasteiger partial charge in [-0.3, -0.25) is 0 Å². The van der Waals surface area contributed by atoms with Crippen molar-refractivity contribution in [2.45, 2.75) is 26.8 Å². The van der Waals surface area contributed by atoms with Gasteiger partial charge in [0.1, 0.15) is 9.84 Å². The Balaban J connectivity index is 3.66. The summed E-state index contributed by atoms with van der Waals surface area (Å²) in [5.41, 5.74) is 6.03. The van der Waals surface area contributed by atoms with Gasteiger partial charge in [0.25, 0.3) is 0 Å². The van der Waals surface area contributed by atoms with E-state index in [9.17, 15) is 8.42 Å². The first kappa shape index (κ1) is 14.3. The molecular formula is C9H21NO2S2. The molecule has 0 aliphatic rings. The molecule has 14 heavy (non-hydrogen) atoms. The van der Waals surface area contributed by atoms with Crippen molar-refractivity contribution >= 4 is 21.6 Å². The van der Waals surface area contributed by atoms with Crippen LogP contribution >= 0.6 is 11.8 Å². The molecule has 0 saturated carbocycles. The minimum absolute atomic E-state index is 0.0953. The summed E-state index contributed by atoms with van der Waals surface area (Å²) in [6.45, 7) is 6.28. The van der Waals surface area contributed by atoms with E-state index in [-0.39, 0.29) is 17.2 Å². The van der Waals surface area contributed by atoms with Crippen molar-refractivity contribution in [1.82, 2.24) is 0 Å². The van der Waals surface area contributed by atoms with E-state index in [4.69, 9.17) is 5.73 Å². The van der Waals surface area contributed by atoms with Crippen LogP contribution in [0.4, 0.5) is 0 Å². The number of nitrogens with two attached hydrogens (primary N) is 1. The van der Waals surface area contributed by atoms with Crippen LogP contribution in [-0.2, 0) is 9.84 Å². The molecule has 0 aromatic heterocycles. The lowest BCUT2D eigenvalue weighted by Gasteiger charge is -2.26. The predicted molar refractivity (Wildman–Crippen MR) is 64.5 cm³/mol. The average molecular weight is 239 g/mol. The molecule has 2 N–H and O–H groups in total. The maximum absolute atomic E-state index is 10.8. The molecule has 0 rings (SSSR count). The van der Waals surface area contributed by atoms with Crippen molar-refractivity contribution in [2.75, 3.05) is 23.5 Å². The van der Waals surface area contributed by atoms with E-state index in [0.29, 0.717) is 5.75 Å². The third kappa shape index (κ3) is 7.64. The molecule has 0 bridgehead atoms. The van der Waals surface area contributed by atoms with Gasteiger partial charge in [0.05, 0.1) is 5.75 Å². The molecule has 86 valence electrons. The first-order valence-electron chi connectivity index (χ1n) is 4.64. The Hall–Kier alpha value is 0.260. The lowest BCUT2D eigenvalue weighted by atomic mass is 9.89. The molecule has 0 saturated heterocycles. The number of rotatable bonds is 5. The van der Waals surface area contributed by atoms with Gasteiger partial charge in [0, 0.05) is 23.8 Å². The molecule has 0 aliphatic heterocycles. The lowest BCUT2D eigenvalue weighted by molar-refractivity contribution is 0.344. The van der Waals surface area contributed by atoms with Gasteiger partial charge in [0.15, 0.2) is 0 Å². The van der Waals surface area contributed by atoms with E-state index in [1.807, 2.05) is 0 Å².